The van der Waals surface area contributed by atoms with Gasteiger partial charge < -0.3 is 4.90 Å². The van der Waals surface area contributed by atoms with Gasteiger partial charge in [-0.05, 0) is 42.3 Å². The molecule has 0 saturated carbocycles. The van der Waals surface area contributed by atoms with Crippen LogP contribution in [0.4, 0.5) is 5.82 Å². The summed E-state index contributed by atoms with van der Waals surface area (Å²) in [6, 6.07) is 2.48. The van der Waals surface area contributed by atoms with Crippen LogP contribution in [0.25, 0.3) is 0 Å². The molecule has 0 spiro atoms. The van der Waals surface area contributed by atoms with Crippen molar-refractivity contribution in [2.45, 2.75) is 39.1 Å². The molecule has 0 saturated heterocycles. The van der Waals surface area contributed by atoms with Gasteiger partial charge >= 0.3 is 0 Å². The largest absolute Gasteiger partial charge is 0.354 e. The van der Waals surface area contributed by atoms with Crippen LogP contribution in [0.3, 0.4) is 0 Å². The maximum Gasteiger partial charge on any atom is 0.133 e. The third-order valence-electron chi connectivity index (χ3n) is 2.41. The number of alkyl halides is 1. The molecule has 0 amide bonds. The molecule has 16 heavy (non-hydrogen) atoms. The van der Waals surface area contributed by atoms with E-state index in [-0.39, 0.29) is 0 Å². The van der Waals surface area contributed by atoms with Crippen LogP contribution < -0.4 is 4.90 Å². The minimum Gasteiger partial charge on any atom is -0.354 e. The Balaban J connectivity index is 3.07. The molecule has 2 nitrogen and oxygen atoms in total. The fourth-order valence-corrected chi connectivity index (χ4v) is 2.26. The van der Waals surface area contributed by atoms with Crippen LogP contribution in [-0.2, 0) is 5.88 Å². The van der Waals surface area contributed by atoms with Crippen LogP contribution in [0.15, 0.2) is 16.7 Å². The van der Waals surface area contributed by atoms with E-state index in [1.54, 1.807) is 0 Å². The first-order chi connectivity index (χ1) is 7.60. The molecule has 0 aliphatic carbocycles. The average Bonchev–Trinajstić information content (AvgIpc) is 2.26. The quantitative estimate of drug-likeness (QED) is 0.758. The lowest BCUT2D eigenvalue weighted by atomic mass is 10.2. The fraction of sp³-hybridized carbons (Fsp3) is 0.583. The number of hydrogen-bond acceptors (Lipinski definition) is 2. The van der Waals surface area contributed by atoms with Gasteiger partial charge in [0.15, 0.2) is 0 Å². The third kappa shape index (κ3) is 3.36. The molecule has 0 aliphatic rings. The van der Waals surface area contributed by atoms with E-state index in [1.807, 2.05) is 12.3 Å². The lowest BCUT2D eigenvalue weighted by Crippen LogP contribution is -2.33. The van der Waals surface area contributed by atoms with Crippen LogP contribution in [0, 0.1) is 0 Å². The van der Waals surface area contributed by atoms with Gasteiger partial charge in [0.05, 0.1) is 5.88 Å². The van der Waals surface area contributed by atoms with E-state index in [0.717, 1.165) is 28.8 Å². The fourth-order valence-electron chi connectivity index (χ4n) is 1.68. The van der Waals surface area contributed by atoms with Crippen LogP contribution >= 0.6 is 27.5 Å². The highest BCUT2D eigenvalue weighted by molar-refractivity contribution is 9.10. The normalized spacial score (nSPS) is 10.9. The second-order valence-electron chi connectivity index (χ2n) is 4.06. The van der Waals surface area contributed by atoms with E-state index < -0.39 is 0 Å². The number of halogens is 2. The SMILES string of the molecule is CCCN(c1ncc(Br)cc1CCl)C(C)C. The molecule has 1 aromatic rings. The van der Waals surface area contributed by atoms with Crippen molar-refractivity contribution >= 4 is 33.3 Å². The molecule has 0 fully saturated rings. The summed E-state index contributed by atoms with van der Waals surface area (Å²) in [6.07, 6.45) is 2.94. The van der Waals surface area contributed by atoms with Gasteiger partial charge in [-0.15, -0.1) is 11.6 Å². The second kappa shape index (κ2) is 6.45. The number of nitrogens with zero attached hydrogens (tertiary/aromatic N) is 2. The van der Waals surface area contributed by atoms with Crippen molar-refractivity contribution in [3.63, 3.8) is 0 Å². The van der Waals surface area contributed by atoms with Crippen molar-refractivity contribution in [3.05, 3.63) is 22.3 Å². The average molecular weight is 306 g/mol. The Morgan fingerprint density at radius 2 is 2.19 bits per heavy atom. The van der Waals surface area contributed by atoms with Gasteiger partial charge in [-0.3, -0.25) is 0 Å². The molecule has 4 heteroatoms. The number of rotatable bonds is 5. The van der Waals surface area contributed by atoms with Crippen LogP contribution in [0.2, 0.25) is 0 Å². The third-order valence-corrected chi connectivity index (χ3v) is 3.13. The van der Waals surface area contributed by atoms with Crippen LogP contribution in [0.1, 0.15) is 32.8 Å². The summed E-state index contributed by atoms with van der Waals surface area (Å²) in [6.45, 7) is 7.54. The van der Waals surface area contributed by atoms with Gasteiger partial charge in [-0.1, -0.05) is 6.92 Å². The van der Waals surface area contributed by atoms with Crippen molar-refractivity contribution in [3.8, 4) is 0 Å². The monoisotopic (exact) mass is 304 g/mol. The van der Waals surface area contributed by atoms with Gasteiger partial charge in [0.25, 0.3) is 0 Å². The van der Waals surface area contributed by atoms with Gasteiger partial charge in [0.2, 0.25) is 0 Å². The van der Waals surface area contributed by atoms with Crippen LogP contribution in [-0.4, -0.2) is 17.6 Å². The summed E-state index contributed by atoms with van der Waals surface area (Å²) >= 11 is 9.39. The second-order valence-corrected chi connectivity index (χ2v) is 5.24. The Hall–Kier alpha value is -0.280. The minimum absolute atomic E-state index is 0.440. The minimum atomic E-state index is 0.440. The van der Waals surface area contributed by atoms with E-state index in [4.69, 9.17) is 11.6 Å². The molecule has 0 atom stereocenters. The zero-order chi connectivity index (χ0) is 12.1. The molecule has 0 N–H and O–H groups in total. The summed E-state index contributed by atoms with van der Waals surface area (Å²) in [5, 5.41) is 0. The predicted molar refractivity (Wildman–Crippen MR) is 74.3 cm³/mol. The zero-order valence-electron chi connectivity index (χ0n) is 10.0. The standard InChI is InChI=1S/C12H18BrClN2/c1-4-5-16(9(2)3)12-10(7-14)6-11(13)8-15-12/h6,8-9H,4-5,7H2,1-3H3. The molecule has 0 aromatic carbocycles. The maximum atomic E-state index is 5.97. The first-order valence-corrected chi connectivity index (χ1v) is 6.89. The lowest BCUT2D eigenvalue weighted by Gasteiger charge is -2.29. The van der Waals surface area contributed by atoms with E-state index in [1.165, 1.54) is 0 Å². The lowest BCUT2D eigenvalue weighted by molar-refractivity contribution is 0.659. The van der Waals surface area contributed by atoms with Gasteiger partial charge in [0.1, 0.15) is 5.82 Å². The summed E-state index contributed by atoms with van der Waals surface area (Å²) in [7, 11) is 0. The molecular weight excluding hydrogens is 288 g/mol. The molecule has 1 aromatic heterocycles. The number of hydrogen-bond donors (Lipinski definition) is 0. The first-order valence-electron chi connectivity index (χ1n) is 5.57. The molecular formula is C12H18BrClN2. The Bertz CT molecular complexity index is 342. The Kier molecular flexibility index (Phi) is 5.56. The molecule has 0 bridgehead atoms. The Labute approximate surface area is 111 Å². The van der Waals surface area contributed by atoms with Gasteiger partial charge in [-0.2, -0.15) is 0 Å². The van der Waals surface area contributed by atoms with Gasteiger partial charge in [-0.25, -0.2) is 4.98 Å². The summed E-state index contributed by atoms with van der Waals surface area (Å²) in [4.78, 5) is 6.78. The number of pyridine rings is 1. The van der Waals surface area contributed by atoms with E-state index in [0.29, 0.717) is 11.9 Å². The summed E-state index contributed by atoms with van der Waals surface area (Å²) in [5.41, 5.74) is 1.08. The van der Waals surface area contributed by atoms with E-state index in [2.05, 4.69) is 46.6 Å². The van der Waals surface area contributed by atoms with E-state index in [9.17, 15) is 0 Å². The highest BCUT2D eigenvalue weighted by Crippen LogP contribution is 2.24. The first kappa shape index (κ1) is 13.8. The Morgan fingerprint density at radius 1 is 1.50 bits per heavy atom. The molecule has 1 heterocycles. The predicted octanol–water partition coefficient (Wildman–Crippen LogP) is 4.21. The van der Waals surface area contributed by atoms with Crippen LogP contribution in [0.5, 0.6) is 0 Å². The molecule has 0 unspecified atom stereocenters. The maximum absolute atomic E-state index is 5.97. The smallest absolute Gasteiger partial charge is 0.133 e. The van der Waals surface area contributed by atoms with Crippen molar-refractivity contribution in [2.75, 3.05) is 11.4 Å². The van der Waals surface area contributed by atoms with Crippen molar-refractivity contribution in [1.82, 2.24) is 4.98 Å². The van der Waals surface area contributed by atoms with Gasteiger partial charge in [0, 0.05) is 28.8 Å². The molecule has 1 rings (SSSR count). The number of anilines is 1. The summed E-state index contributed by atoms with van der Waals surface area (Å²) in [5.74, 6) is 1.50. The summed E-state index contributed by atoms with van der Waals surface area (Å²) < 4.78 is 0.979. The molecule has 0 aliphatic heterocycles. The van der Waals surface area contributed by atoms with E-state index >= 15 is 0 Å². The number of aromatic nitrogens is 1. The topological polar surface area (TPSA) is 16.1 Å². The molecule has 90 valence electrons. The highest BCUT2D eigenvalue weighted by Gasteiger charge is 2.14. The Morgan fingerprint density at radius 3 is 2.69 bits per heavy atom. The van der Waals surface area contributed by atoms with Crippen molar-refractivity contribution in [1.29, 1.82) is 0 Å². The highest BCUT2D eigenvalue weighted by atomic mass is 79.9. The zero-order valence-corrected chi connectivity index (χ0v) is 12.3. The van der Waals surface area contributed by atoms with Crippen molar-refractivity contribution < 1.29 is 0 Å². The van der Waals surface area contributed by atoms with Crippen molar-refractivity contribution in [2.24, 2.45) is 0 Å². The molecule has 0 radical (unpaired) electrons.